The smallest absolute Gasteiger partial charge is 0.337 e. The molecule has 1 aromatic heterocycles. The number of amides is 2. The molecule has 1 aliphatic rings. The summed E-state index contributed by atoms with van der Waals surface area (Å²) in [5.41, 5.74) is 1.62. The van der Waals surface area contributed by atoms with E-state index in [4.69, 9.17) is 27.9 Å². The van der Waals surface area contributed by atoms with Crippen molar-refractivity contribution in [1.29, 1.82) is 0 Å². The van der Waals surface area contributed by atoms with Gasteiger partial charge in [0.1, 0.15) is 0 Å². The zero-order valence-corrected chi connectivity index (χ0v) is 19.7. The lowest BCUT2D eigenvalue weighted by Crippen LogP contribution is -2.44. The average molecular weight is 484 g/mol. The molecule has 2 heterocycles. The summed E-state index contributed by atoms with van der Waals surface area (Å²) in [7, 11) is 0. The van der Waals surface area contributed by atoms with Gasteiger partial charge in [-0.2, -0.15) is 0 Å². The molecule has 0 atom stereocenters. The monoisotopic (exact) mass is 483 g/mol. The Morgan fingerprint density at radius 1 is 1.32 bits per heavy atom. The van der Waals surface area contributed by atoms with E-state index in [1.165, 1.54) is 11.8 Å². The Morgan fingerprint density at radius 3 is 2.77 bits per heavy atom. The molecule has 3 rings (SSSR count). The number of nitrogens with one attached hydrogen (secondary N) is 2. The number of ether oxygens (including phenoxy) is 1. The van der Waals surface area contributed by atoms with Crippen molar-refractivity contribution in [3.05, 3.63) is 39.5 Å². The first-order chi connectivity index (χ1) is 14.8. The molecule has 0 radical (unpaired) electrons. The lowest BCUT2D eigenvalue weighted by molar-refractivity contribution is -0.138. The standard InChI is InChI=1S/C20H23Cl2N5O3S/c1-4-30-18(28)14-8-23-19(29)24-16(14)10-31-20-26-25-17(27(20)9-11(2)3)13-6-5-12(21)7-15(13)22/h5-7,11H,4,8-10H2,1-3H3,(H2,23,24,29). The summed E-state index contributed by atoms with van der Waals surface area (Å²) in [6, 6.07) is 4.88. The third-order valence-corrected chi connectivity index (χ3v) is 5.90. The maximum Gasteiger partial charge on any atom is 0.337 e. The molecular weight excluding hydrogens is 461 g/mol. The van der Waals surface area contributed by atoms with Crippen LogP contribution in [0.3, 0.4) is 0 Å². The van der Waals surface area contributed by atoms with E-state index in [1.54, 1.807) is 19.1 Å². The minimum absolute atomic E-state index is 0.116. The number of rotatable bonds is 8. The molecular formula is C20H23Cl2N5O3S. The largest absolute Gasteiger partial charge is 0.463 e. The maximum absolute atomic E-state index is 12.3. The molecule has 0 saturated heterocycles. The van der Waals surface area contributed by atoms with Gasteiger partial charge in [-0.15, -0.1) is 10.2 Å². The van der Waals surface area contributed by atoms with Crippen molar-refractivity contribution >= 4 is 47.0 Å². The topological polar surface area (TPSA) is 98.1 Å². The highest BCUT2D eigenvalue weighted by Crippen LogP contribution is 2.32. The Bertz CT molecular complexity index is 1020. The van der Waals surface area contributed by atoms with Crippen molar-refractivity contribution in [2.75, 3.05) is 18.9 Å². The molecule has 0 fully saturated rings. The van der Waals surface area contributed by atoms with Gasteiger partial charge in [0.05, 0.1) is 23.7 Å². The van der Waals surface area contributed by atoms with Crippen molar-refractivity contribution in [3.8, 4) is 11.4 Å². The Balaban J connectivity index is 1.91. The molecule has 0 saturated carbocycles. The number of esters is 1. The van der Waals surface area contributed by atoms with Gasteiger partial charge < -0.3 is 19.9 Å². The van der Waals surface area contributed by atoms with Crippen LogP contribution in [-0.4, -0.2) is 45.7 Å². The van der Waals surface area contributed by atoms with Crippen molar-refractivity contribution in [3.63, 3.8) is 0 Å². The number of hydrogen-bond acceptors (Lipinski definition) is 6. The Morgan fingerprint density at radius 2 is 2.10 bits per heavy atom. The molecule has 31 heavy (non-hydrogen) atoms. The molecule has 2 amide bonds. The van der Waals surface area contributed by atoms with Gasteiger partial charge in [-0.1, -0.05) is 48.8 Å². The van der Waals surface area contributed by atoms with Crippen LogP contribution in [0.2, 0.25) is 10.0 Å². The summed E-state index contributed by atoms with van der Waals surface area (Å²) < 4.78 is 7.09. The number of benzene rings is 1. The number of carbonyl (C=O) groups is 2. The second-order valence-electron chi connectivity index (χ2n) is 7.21. The molecule has 0 spiro atoms. The number of carbonyl (C=O) groups excluding carboxylic acids is 2. The Labute approximate surface area is 194 Å². The molecule has 2 N–H and O–H groups in total. The van der Waals surface area contributed by atoms with Crippen LogP contribution in [0.25, 0.3) is 11.4 Å². The molecule has 0 bridgehead atoms. The number of aromatic nitrogens is 3. The van der Waals surface area contributed by atoms with Crippen LogP contribution in [-0.2, 0) is 16.1 Å². The second-order valence-corrected chi connectivity index (χ2v) is 8.99. The number of urea groups is 1. The Hall–Kier alpha value is -2.23. The van der Waals surface area contributed by atoms with Gasteiger partial charge >= 0.3 is 12.0 Å². The number of nitrogens with zero attached hydrogens (tertiary/aromatic N) is 3. The van der Waals surface area contributed by atoms with Crippen LogP contribution in [0.1, 0.15) is 20.8 Å². The fourth-order valence-corrected chi connectivity index (χ4v) is 4.43. The SMILES string of the molecule is CCOC(=O)C1=C(CSc2nnc(-c3ccc(Cl)cc3Cl)n2CC(C)C)NC(=O)NC1. The minimum atomic E-state index is -0.456. The summed E-state index contributed by atoms with van der Waals surface area (Å²) >= 11 is 13.8. The predicted molar refractivity (Wildman–Crippen MR) is 121 cm³/mol. The maximum atomic E-state index is 12.3. The van der Waals surface area contributed by atoms with Gasteiger partial charge in [0.15, 0.2) is 11.0 Å². The lowest BCUT2D eigenvalue weighted by atomic mass is 10.2. The minimum Gasteiger partial charge on any atom is -0.463 e. The molecule has 0 aliphatic carbocycles. The third-order valence-electron chi connectivity index (χ3n) is 4.36. The van der Waals surface area contributed by atoms with Crippen molar-refractivity contribution < 1.29 is 14.3 Å². The molecule has 0 unspecified atom stereocenters. The van der Waals surface area contributed by atoms with Crippen molar-refractivity contribution in [1.82, 2.24) is 25.4 Å². The van der Waals surface area contributed by atoms with Gasteiger partial charge in [-0.05, 0) is 31.0 Å². The summed E-state index contributed by atoms with van der Waals surface area (Å²) in [5.74, 6) is 0.828. The first-order valence-corrected chi connectivity index (χ1v) is 11.5. The van der Waals surface area contributed by atoms with E-state index < -0.39 is 5.97 Å². The van der Waals surface area contributed by atoms with Crippen LogP contribution >= 0.6 is 35.0 Å². The van der Waals surface area contributed by atoms with E-state index in [2.05, 4.69) is 34.7 Å². The molecule has 8 nitrogen and oxygen atoms in total. The van der Waals surface area contributed by atoms with Gasteiger partial charge in [0.25, 0.3) is 0 Å². The van der Waals surface area contributed by atoms with Gasteiger partial charge in [0, 0.05) is 28.6 Å². The Kier molecular flexibility index (Phi) is 7.85. The van der Waals surface area contributed by atoms with Crippen LogP contribution < -0.4 is 10.6 Å². The zero-order valence-electron chi connectivity index (χ0n) is 17.4. The first kappa shape index (κ1) is 23.4. The summed E-state index contributed by atoms with van der Waals surface area (Å²) in [4.78, 5) is 24.1. The van der Waals surface area contributed by atoms with Crippen molar-refractivity contribution in [2.45, 2.75) is 32.5 Å². The first-order valence-electron chi connectivity index (χ1n) is 9.75. The number of halogens is 2. The fourth-order valence-electron chi connectivity index (χ4n) is 3.00. The van der Waals surface area contributed by atoms with E-state index in [-0.39, 0.29) is 19.2 Å². The van der Waals surface area contributed by atoms with E-state index >= 15 is 0 Å². The van der Waals surface area contributed by atoms with Crippen LogP contribution in [0.15, 0.2) is 34.6 Å². The quantitative estimate of drug-likeness (QED) is 0.432. The van der Waals surface area contributed by atoms with Crippen LogP contribution in [0.5, 0.6) is 0 Å². The van der Waals surface area contributed by atoms with Crippen LogP contribution in [0, 0.1) is 5.92 Å². The fraction of sp³-hybridized carbons (Fsp3) is 0.400. The second kappa shape index (κ2) is 10.4. The van der Waals surface area contributed by atoms with E-state index in [9.17, 15) is 9.59 Å². The van der Waals surface area contributed by atoms with Gasteiger partial charge in [-0.3, -0.25) is 0 Å². The number of hydrogen-bond donors (Lipinski definition) is 2. The number of thioether (sulfide) groups is 1. The van der Waals surface area contributed by atoms with Gasteiger partial charge in [0.2, 0.25) is 0 Å². The van der Waals surface area contributed by atoms with E-state index in [0.29, 0.717) is 50.5 Å². The summed E-state index contributed by atoms with van der Waals surface area (Å²) in [5, 5.41) is 15.7. The molecule has 11 heteroatoms. The molecule has 1 aliphatic heterocycles. The summed E-state index contributed by atoms with van der Waals surface area (Å²) in [6.07, 6.45) is 0. The highest BCUT2D eigenvalue weighted by atomic mass is 35.5. The van der Waals surface area contributed by atoms with Crippen molar-refractivity contribution in [2.24, 2.45) is 5.92 Å². The molecule has 1 aromatic carbocycles. The highest BCUT2D eigenvalue weighted by molar-refractivity contribution is 7.99. The van der Waals surface area contributed by atoms with Gasteiger partial charge in [-0.25, -0.2) is 9.59 Å². The summed E-state index contributed by atoms with van der Waals surface area (Å²) in [6.45, 7) is 6.96. The zero-order chi connectivity index (χ0) is 22.5. The molecule has 166 valence electrons. The van der Waals surface area contributed by atoms with E-state index in [1.807, 2.05) is 10.6 Å². The average Bonchev–Trinajstić information content (AvgIpc) is 3.08. The lowest BCUT2D eigenvalue weighted by Gasteiger charge is -2.21. The van der Waals surface area contributed by atoms with E-state index in [0.717, 1.165) is 5.56 Å². The van der Waals surface area contributed by atoms with Crippen LogP contribution in [0.4, 0.5) is 4.79 Å². The molecule has 2 aromatic rings. The third kappa shape index (κ3) is 5.72. The highest BCUT2D eigenvalue weighted by Gasteiger charge is 2.25. The normalized spacial score (nSPS) is 13.9. The predicted octanol–water partition coefficient (Wildman–Crippen LogP) is 4.13.